The van der Waals surface area contributed by atoms with Crippen LogP contribution in [0.4, 0.5) is 5.82 Å². The molecule has 0 spiro atoms. The van der Waals surface area contributed by atoms with Crippen molar-refractivity contribution in [2.75, 3.05) is 12.4 Å². The number of nitrogens with one attached hydrogen (secondary N) is 1. The fraction of sp³-hybridized carbons (Fsp3) is 0.250. The SMILES string of the molecule is CNc1cc(CCc2nc3nc(C)cc(C)n3n2)nc2c3ccccc3nn12. The number of hydrogen-bond donors (Lipinski definition) is 1. The van der Waals surface area contributed by atoms with Crippen LogP contribution in [0, 0.1) is 13.8 Å². The number of aryl methyl sites for hydroxylation is 4. The van der Waals surface area contributed by atoms with Crippen molar-refractivity contribution in [3.8, 4) is 0 Å². The van der Waals surface area contributed by atoms with Crippen molar-refractivity contribution in [3.63, 3.8) is 0 Å². The Morgan fingerprint density at radius 1 is 0.929 bits per heavy atom. The van der Waals surface area contributed by atoms with Crippen LogP contribution in [-0.4, -0.2) is 41.2 Å². The van der Waals surface area contributed by atoms with Crippen LogP contribution >= 0.6 is 0 Å². The summed E-state index contributed by atoms with van der Waals surface area (Å²) in [5.41, 5.74) is 4.74. The van der Waals surface area contributed by atoms with Crippen molar-refractivity contribution in [2.24, 2.45) is 0 Å². The van der Waals surface area contributed by atoms with Crippen LogP contribution in [-0.2, 0) is 12.8 Å². The van der Waals surface area contributed by atoms with Crippen LogP contribution in [0.2, 0.25) is 0 Å². The molecule has 0 bridgehead atoms. The van der Waals surface area contributed by atoms with Gasteiger partial charge in [0, 0.05) is 42.0 Å². The van der Waals surface area contributed by atoms with Gasteiger partial charge in [0.15, 0.2) is 11.5 Å². The molecule has 5 rings (SSSR count). The van der Waals surface area contributed by atoms with E-state index >= 15 is 0 Å². The first-order chi connectivity index (χ1) is 13.6. The number of anilines is 1. The normalized spacial score (nSPS) is 11.7. The predicted molar refractivity (Wildman–Crippen MR) is 108 cm³/mol. The molecule has 0 saturated heterocycles. The Kier molecular flexibility index (Phi) is 3.71. The van der Waals surface area contributed by atoms with E-state index in [2.05, 4.69) is 25.5 Å². The van der Waals surface area contributed by atoms with Crippen molar-refractivity contribution >= 4 is 28.1 Å². The van der Waals surface area contributed by atoms with Gasteiger partial charge < -0.3 is 5.32 Å². The average molecular weight is 372 g/mol. The van der Waals surface area contributed by atoms with E-state index in [4.69, 9.17) is 4.98 Å². The summed E-state index contributed by atoms with van der Waals surface area (Å²) in [5, 5.41) is 13.5. The molecule has 0 radical (unpaired) electrons. The molecule has 28 heavy (non-hydrogen) atoms. The summed E-state index contributed by atoms with van der Waals surface area (Å²) < 4.78 is 3.65. The summed E-state index contributed by atoms with van der Waals surface area (Å²) in [4.78, 5) is 13.9. The highest BCUT2D eigenvalue weighted by molar-refractivity contribution is 5.92. The second-order valence-electron chi connectivity index (χ2n) is 6.91. The van der Waals surface area contributed by atoms with Gasteiger partial charge in [-0.05, 0) is 38.5 Å². The summed E-state index contributed by atoms with van der Waals surface area (Å²) in [6.45, 7) is 3.98. The molecule has 0 saturated carbocycles. The van der Waals surface area contributed by atoms with Crippen LogP contribution in [0.1, 0.15) is 22.9 Å². The number of benzene rings is 1. The van der Waals surface area contributed by atoms with Gasteiger partial charge in [-0.25, -0.2) is 14.5 Å². The molecule has 4 heterocycles. The van der Waals surface area contributed by atoms with Crippen molar-refractivity contribution < 1.29 is 0 Å². The van der Waals surface area contributed by atoms with E-state index in [0.717, 1.165) is 51.7 Å². The van der Waals surface area contributed by atoms with Crippen LogP contribution in [0.15, 0.2) is 36.4 Å². The predicted octanol–water partition coefficient (Wildman–Crippen LogP) is 2.76. The highest BCUT2D eigenvalue weighted by Crippen LogP contribution is 2.22. The minimum absolute atomic E-state index is 0.647. The minimum Gasteiger partial charge on any atom is -0.373 e. The number of hydrogen-bond acceptors (Lipinski definition) is 6. The Morgan fingerprint density at radius 2 is 1.79 bits per heavy atom. The first kappa shape index (κ1) is 16.6. The summed E-state index contributed by atoms with van der Waals surface area (Å²) in [7, 11) is 1.89. The van der Waals surface area contributed by atoms with Crippen LogP contribution in [0.25, 0.3) is 22.3 Å². The maximum Gasteiger partial charge on any atom is 0.252 e. The first-order valence-corrected chi connectivity index (χ1v) is 9.27. The van der Waals surface area contributed by atoms with Crippen LogP contribution in [0.5, 0.6) is 0 Å². The molecule has 1 N–H and O–H groups in total. The molecule has 140 valence electrons. The lowest BCUT2D eigenvalue weighted by Crippen LogP contribution is -2.05. The standard InChI is InChI=1S/C20H20N8/c1-12-10-13(2)27-20(22-12)24-17(26-27)9-8-14-11-18(21-3)28-19(23-14)15-6-4-5-7-16(15)25-28/h4-7,10-11,21H,8-9H2,1-3H3. The maximum absolute atomic E-state index is 4.86. The van der Waals surface area contributed by atoms with Crippen LogP contribution in [0.3, 0.4) is 0 Å². The molecular weight excluding hydrogens is 352 g/mol. The van der Waals surface area contributed by atoms with Crippen molar-refractivity contribution in [1.29, 1.82) is 0 Å². The van der Waals surface area contributed by atoms with Crippen molar-refractivity contribution in [3.05, 3.63) is 59.3 Å². The smallest absolute Gasteiger partial charge is 0.252 e. The molecular formula is C20H20N8. The van der Waals surface area contributed by atoms with Crippen LogP contribution < -0.4 is 5.32 Å². The average Bonchev–Trinajstić information content (AvgIpc) is 3.27. The molecule has 0 aliphatic carbocycles. The van der Waals surface area contributed by atoms with E-state index in [9.17, 15) is 0 Å². The molecule has 0 unspecified atom stereocenters. The van der Waals surface area contributed by atoms with Gasteiger partial charge in [-0.1, -0.05) is 12.1 Å². The molecule has 0 aliphatic heterocycles. The Labute approximate surface area is 161 Å². The van der Waals surface area contributed by atoms with Gasteiger partial charge in [-0.3, -0.25) is 0 Å². The lowest BCUT2D eigenvalue weighted by Gasteiger charge is -2.06. The Balaban J connectivity index is 1.51. The van der Waals surface area contributed by atoms with E-state index in [-0.39, 0.29) is 0 Å². The van der Waals surface area contributed by atoms with Gasteiger partial charge in [0.05, 0.1) is 5.52 Å². The summed E-state index contributed by atoms with van der Waals surface area (Å²) >= 11 is 0. The topological polar surface area (TPSA) is 85.3 Å². The summed E-state index contributed by atoms with van der Waals surface area (Å²) in [6.07, 6.45) is 1.43. The van der Waals surface area contributed by atoms with Crippen molar-refractivity contribution in [2.45, 2.75) is 26.7 Å². The maximum atomic E-state index is 4.86. The number of rotatable bonds is 4. The van der Waals surface area contributed by atoms with E-state index in [0.29, 0.717) is 12.2 Å². The Morgan fingerprint density at radius 3 is 2.64 bits per heavy atom. The molecule has 0 amide bonds. The lowest BCUT2D eigenvalue weighted by molar-refractivity contribution is 0.803. The number of nitrogens with zero attached hydrogens (tertiary/aromatic N) is 7. The van der Waals surface area contributed by atoms with Gasteiger partial charge in [-0.15, -0.1) is 5.10 Å². The number of fused-ring (bicyclic) bond motifs is 4. The van der Waals surface area contributed by atoms with Gasteiger partial charge >= 0.3 is 0 Å². The third kappa shape index (κ3) is 2.65. The zero-order valence-electron chi connectivity index (χ0n) is 16.0. The number of aromatic nitrogens is 7. The zero-order chi connectivity index (χ0) is 19.3. The molecule has 5 aromatic rings. The second kappa shape index (κ2) is 6.26. The van der Waals surface area contributed by atoms with E-state index in [1.54, 1.807) is 4.52 Å². The molecule has 8 heteroatoms. The third-order valence-corrected chi connectivity index (χ3v) is 4.86. The van der Waals surface area contributed by atoms with E-state index in [1.165, 1.54) is 0 Å². The minimum atomic E-state index is 0.647. The molecule has 0 atom stereocenters. The largest absolute Gasteiger partial charge is 0.373 e. The second-order valence-corrected chi connectivity index (χ2v) is 6.91. The third-order valence-electron chi connectivity index (χ3n) is 4.86. The summed E-state index contributed by atoms with van der Waals surface area (Å²) in [5.74, 6) is 2.33. The highest BCUT2D eigenvalue weighted by atomic mass is 15.3. The van der Waals surface area contributed by atoms with Gasteiger partial charge in [0.2, 0.25) is 0 Å². The molecule has 8 nitrogen and oxygen atoms in total. The van der Waals surface area contributed by atoms with Gasteiger partial charge in [0.1, 0.15) is 5.82 Å². The van der Waals surface area contributed by atoms with Gasteiger partial charge in [0.25, 0.3) is 5.78 Å². The van der Waals surface area contributed by atoms with Gasteiger partial charge in [-0.2, -0.15) is 14.6 Å². The Hall–Kier alpha value is -3.55. The van der Waals surface area contributed by atoms with Crippen molar-refractivity contribution in [1.82, 2.24) is 34.2 Å². The molecule has 0 aliphatic rings. The quantitative estimate of drug-likeness (QED) is 0.522. The fourth-order valence-corrected chi connectivity index (χ4v) is 3.54. The lowest BCUT2D eigenvalue weighted by atomic mass is 10.2. The molecule has 0 fully saturated rings. The zero-order valence-corrected chi connectivity index (χ0v) is 16.0. The molecule has 1 aromatic carbocycles. The Bertz CT molecular complexity index is 1330. The van der Waals surface area contributed by atoms with E-state index in [1.807, 2.05) is 61.8 Å². The fourth-order valence-electron chi connectivity index (χ4n) is 3.54. The van der Waals surface area contributed by atoms with E-state index < -0.39 is 0 Å². The monoisotopic (exact) mass is 372 g/mol. The first-order valence-electron chi connectivity index (χ1n) is 9.27. The molecule has 4 aromatic heterocycles. The summed E-state index contributed by atoms with van der Waals surface area (Å²) in [6, 6.07) is 12.1. The highest BCUT2D eigenvalue weighted by Gasteiger charge is 2.13.